The van der Waals surface area contributed by atoms with Crippen molar-refractivity contribution in [3.05, 3.63) is 53.9 Å². The predicted octanol–water partition coefficient (Wildman–Crippen LogP) is 2.26. The number of rotatable bonds is 6. The maximum absolute atomic E-state index is 12.6. The van der Waals surface area contributed by atoms with Gasteiger partial charge in [-0.05, 0) is 42.2 Å². The predicted molar refractivity (Wildman–Crippen MR) is 104 cm³/mol. The number of nitrogens with one attached hydrogen (secondary N) is 1. The van der Waals surface area contributed by atoms with Crippen LogP contribution in [0, 0.1) is 0 Å². The average molecular weight is 369 g/mol. The number of carbonyl (C=O) groups excluding carboxylic acids is 2. The van der Waals surface area contributed by atoms with Gasteiger partial charge in [0, 0.05) is 45.0 Å². The molecule has 0 bridgehead atoms. The molecule has 0 aliphatic carbocycles. The molecule has 2 aromatic rings. The molecule has 144 valence electrons. The summed E-state index contributed by atoms with van der Waals surface area (Å²) < 4.78 is 5.16. The maximum Gasteiger partial charge on any atom is 0.227 e. The molecule has 1 N–H and O–H groups in total. The minimum Gasteiger partial charge on any atom is -0.497 e. The Bertz CT molecular complexity index is 741. The first-order chi connectivity index (χ1) is 13.2. The third-order valence-electron chi connectivity index (χ3n) is 5.01. The van der Waals surface area contributed by atoms with Gasteiger partial charge in [0.05, 0.1) is 13.5 Å². The van der Waals surface area contributed by atoms with E-state index in [1.165, 1.54) is 0 Å². The maximum atomic E-state index is 12.6. The first kappa shape index (κ1) is 19.0. The van der Waals surface area contributed by atoms with E-state index in [1.54, 1.807) is 7.11 Å². The first-order valence-corrected chi connectivity index (χ1v) is 9.46. The summed E-state index contributed by atoms with van der Waals surface area (Å²) in [4.78, 5) is 31.8. The van der Waals surface area contributed by atoms with E-state index in [-0.39, 0.29) is 11.8 Å². The van der Waals surface area contributed by atoms with E-state index in [2.05, 4.69) is 4.98 Å². The molecule has 2 amide bonds. The molecule has 0 spiro atoms. The third kappa shape index (κ3) is 5.36. The second-order valence-corrected chi connectivity index (χ2v) is 6.86. The average Bonchev–Trinajstić information content (AvgIpc) is 3.07. The van der Waals surface area contributed by atoms with Gasteiger partial charge in [0.15, 0.2) is 0 Å². The highest BCUT2D eigenvalue weighted by Gasteiger charge is 2.22. The Morgan fingerprint density at radius 1 is 0.963 bits per heavy atom. The van der Waals surface area contributed by atoms with Crippen molar-refractivity contribution in [2.24, 2.45) is 0 Å². The standard InChI is InChI=1S/C21H27N3O3/c1-27-19-6-3-17(4-7-19)5-8-20(25)23-11-2-12-24(14-13-23)21(26)15-18-9-10-22-16-18/h3-4,6-7,9-10,16,22H,2,5,8,11-15H2,1H3. The third-order valence-corrected chi connectivity index (χ3v) is 5.01. The summed E-state index contributed by atoms with van der Waals surface area (Å²) in [6.45, 7) is 2.65. The molecule has 1 aromatic heterocycles. The lowest BCUT2D eigenvalue weighted by Gasteiger charge is -2.22. The zero-order valence-electron chi connectivity index (χ0n) is 15.8. The Kier molecular flexibility index (Phi) is 6.52. The fourth-order valence-electron chi connectivity index (χ4n) is 3.37. The van der Waals surface area contributed by atoms with Crippen LogP contribution in [0.1, 0.15) is 24.0 Å². The van der Waals surface area contributed by atoms with Crippen LogP contribution in [0.4, 0.5) is 0 Å². The van der Waals surface area contributed by atoms with Crippen LogP contribution in [-0.2, 0) is 22.4 Å². The van der Waals surface area contributed by atoms with Gasteiger partial charge in [-0.15, -0.1) is 0 Å². The number of H-pyrrole nitrogens is 1. The normalized spacial score (nSPS) is 14.7. The van der Waals surface area contributed by atoms with Gasteiger partial charge in [-0.3, -0.25) is 9.59 Å². The van der Waals surface area contributed by atoms with E-state index in [9.17, 15) is 9.59 Å². The summed E-state index contributed by atoms with van der Waals surface area (Å²) in [6.07, 6.45) is 6.13. The van der Waals surface area contributed by atoms with Crippen LogP contribution in [0.25, 0.3) is 0 Å². The van der Waals surface area contributed by atoms with E-state index >= 15 is 0 Å². The Morgan fingerprint density at radius 3 is 2.30 bits per heavy atom. The molecule has 0 unspecified atom stereocenters. The van der Waals surface area contributed by atoms with E-state index in [4.69, 9.17) is 4.74 Å². The zero-order valence-corrected chi connectivity index (χ0v) is 15.8. The molecule has 6 nitrogen and oxygen atoms in total. The van der Waals surface area contributed by atoms with Gasteiger partial charge < -0.3 is 19.5 Å². The van der Waals surface area contributed by atoms with Crippen molar-refractivity contribution in [2.75, 3.05) is 33.3 Å². The van der Waals surface area contributed by atoms with Crippen LogP contribution in [0.5, 0.6) is 5.75 Å². The van der Waals surface area contributed by atoms with Gasteiger partial charge in [0.2, 0.25) is 11.8 Å². The monoisotopic (exact) mass is 369 g/mol. The molecule has 1 aliphatic rings. The summed E-state index contributed by atoms with van der Waals surface area (Å²) in [5, 5.41) is 0. The van der Waals surface area contributed by atoms with Crippen molar-refractivity contribution in [3.8, 4) is 5.75 Å². The Balaban J connectivity index is 1.46. The number of amides is 2. The number of methoxy groups -OCH3 is 1. The molecule has 1 aromatic carbocycles. The molecule has 1 fully saturated rings. The van der Waals surface area contributed by atoms with Crippen LogP contribution in [0.15, 0.2) is 42.7 Å². The van der Waals surface area contributed by atoms with Gasteiger partial charge >= 0.3 is 0 Å². The molecule has 2 heterocycles. The molecule has 1 saturated heterocycles. The highest BCUT2D eigenvalue weighted by molar-refractivity contribution is 5.79. The van der Waals surface area contributed by atoms with Crippen molar-refractivity contribution in [1.29, 1.82) is 0 Å². The first-order valence-electron chi connectivity index (χ1n) is 9.46. The number of aryl methyl sites for hydroxylation is 1. The molecule has 3 rings (SSSR count). The lowest BCUT2D eigenvalue weighted by atomic mass is 10.1. The number of aromatic amines is 1. The van der Waals surface area contributed by atoms with Crippen LogP contribution in [-0.4, -0.2) is 59.9 Å². The van der Waals surface area contributed by atoms with E-state index in [0.717, 1.165) is 36.3 Å². The van der Waals surface area contributed by atoms with E-state index in [0.29, 0.717) is 32.5 Å². The van der Waals surface area contributed by atoms with Crippen molar-refractivity contribution in [3.63, 3.8) is 0 Å². The Labute approximate surface area is 160 Å². The molecule has 1 aliphatic heterocycles. The fourth-order valence-corrected chi connectivity index (χ4v) is 3.37. The van der Waals surface area contributed by atoms with Gasteiger partial charge in [-0.1, -0.05) is 12.1 Å². The number of ether oxygens (including phenoxy) is 1. The summed E-state index contributed by atoms with van der Waals surface area (Å²) in [7, 11) is 1.64. The van der Waals surface area contributed by atoms with Crippen LogP contribution >= 0.6 is 0 Å². The van der Waals surface area contributed by atoms with Gasteiger partial charge in [-0.2, -0.15) is 0 Å². The molecule has 27 heavy (non-hydrogen) atoms. The number of benzene rings is 1. The fraction of sp³-hybridized carbons (Fsp3) is 0.429. The molecular weight excluding hydrogens is 342 g/mol. The lowest BCUT2D eigenvalue weighted by Crippen LogP contribution is -2.38. The Hall–Kier alpha value is -2.76. The number of hydrogen-bond acceptors (Lipinski definition) is 3. The van der Waals surface area contributed by atoms with Gasteiger partial charge in [-0.25, -0.2) is 0 Å². The molecule has 0 saturated carbocycles. The topological polar surface area (TPSA) is 65.6 Å². The van der Waals surface area contributed by atoms with Crippen LogP contribution in [0.2, 0.25) is 0 Å². The molecule has 6 heteroatoms. The largest absolute Gasteiger partial charge is 0.497 e. The molecule has 0 radical (unpaired) electrons. The lowest BCUT2D eigenvalue weighted by molar-refractivity contribution is -0.133. The Morgan fingerprint density at radius 2 is 1.67 bits per heavy atom. The summed E-state index contributed by atoms with van der Waals surface area (Å²) in [5.41, 5.74) is 2.12. The van der Waals surface area contributed by atoms with Gasteiger partial charge in [0.1, 0.15) is 5.75 Å². The van der Waals surface area contributed by atoms with Crippen molar-refractivity contribution in [1.82, 2.24) is 14.8 Å². The van der Waals surface area contributed by atoms with E-state index in [1.807, 2.05) is 52.5 Å². The quantitative estimate of drug-likeness (QED) is 0.849. The highest BCUT2D eigenvalue weighted by Crippen LogP contribution is 2.14. The summed E-state index contributed by atoms with van der Waals surface area (Å²) in [5.74, 6) is 1.11. The second-order valence-electron chi connectivity index (χ2n) is 6.86. The van der Waals surface area contributed by atoms with Crippen molar-refractivity contribution >= 4 is 11.8 Å². The summed E-state index contributed by atoms with van der Waals surface area (Å²) in [6, 6.07) is 9.75. The van der Waals surface area contributed by atoms with Crippen LogP contribution in [0.3, 0.4) is 0 Å². The minimum absolute atomic E-state index is 0.127. The number of aromatic nitrogens is 1. The highest BCUT2D eigenvalue weighted by atomic mass is 16.5. The zero-order chi connectivity index (χ0) is 19.1. The smallest absolute Gasteiger partial charge is 0.227 e. The number of hydrogen-bond donors (Lipinski definition) is 1. The molecule has 0 atom stereocenters. The van der Waals surface area contributed by atoms with Gasteiger partial charge in [0.25, 0.3) is 0 Å². The van der Waals surface area contributed by atoms with E-state index < -0.39 is 0 Å². The number of nitrogens with zero attached hydrogens (tertiary/aromatic N) is 2. The SMILES string of the molecule is COc1ccc(CCC(=O)N2CCCN(C(=O)Cc3cc[nH]c3)CC2)cc1. The number of carbonyl (C=O) groups is 2. The van der Waals surface area contributed by atoms with Crippen molar-refractivity contribution < 1.29 is 14.3 Å². The minimum atomic E-state index is 0.127. The second kappa shape index (κ2) is 9.26. The van der Waals surface area contributed by atoms with Crippen LogP contribution < -0.4 is 4.74 Å². The molecular formula is C21H27N3O3. The summed E-state index contributed by atoms with van der Waals surface area (Å²) >= 11 is 0. The van der Waals surface area contributed by atoms with Crippen molar-refractivity contribution in [2.45, 2.75) is 25.7 Å².